The van der Waals surface area contributed by atoms with E-state index in [0.29, 0.717) is 19.0 Å². The van der Waals surface area contributed by atoms with Crippen molar-refractivity contribution in [1.82, 2.24) is 20.1 Å². The van der Waals surface area contributed by atoms with Crippen LogP contribution in [-0.4, -0.2) is 45.2 Å². The molecular weight excluding hydrogens is 260 g/mol. The Morgan fingerprint density at radius 1 is 1.30 bits per heavy atom. The van der Waals surface area contributed by atoms with Gasteiger partial charge in [-0.3, -0.25) is 9.59 Å². The van der Waals surface area contributed by atoms with Crippen molar-refractivity contribution in [3.05, 3.63) is 52.6 Å². The summed E-state index contributed by atoms with van der Waals surface area (Å²) < 4.78 is 5.60. The highest BCUT2D eigenvalue weighted by atomic mass is 16.5. The lowest BCUT2D eigenvalue weighted by Crippen LogP contribution is -2.56. The monoisotopic (exact) mass is 272 g/mol. The fourth-order valence-electron chi connectivity index (χ4n) is 1.89. The van der Waals surface area contributed by atoms with E-state index in [1.165, 1.54) is 12.1 Å². The van der Waals surface area contributed by atoms with Crippen LogP contribution in [0.15, 0.2) is 41.3 Å². The lowest BCUT2D eigenvalue weighted by Gasteiger charge is -2.38. The highest BCUT2D eigenvalue weighted by molar-refractivity contribution is 5.92. The van der Waals surface area contributed by atoms with Crippen molar-refractivity contribution in [2.45, 2.75) is 6.10 Å². The van der Waals surface area contributed by atoms with Crippen molar-refractivity contribution in [2.24, 2.45) is 0 Å². The molecule has 3 rings (SSSR count). The van der Waals surface area contributed by atoms with E-state index in [2.05, 4.69) is 15.2 Å². The zero-order chi connectivity index (χ0) is 13.9. The first kappa shape index (κ1) is 12.3. The Balaban J connectivity index is 1.56. The molecule has 1 fully saturated rings. The summed E-state index contributed by atoms with van der Waals surface area (Å²) in [5.41, 5.74) is -0.109. The second-order valence-corrected chi connectivity index (χ2v) is 4.42. The van der Waals surface area contributed by atoms with Crippen LogP contribution in [0, 0.1) is 0 Å². The maximum Gasteiger partial charge on any atom is 0.274 e. The molecule has 0 spiro atoms. The number of nitrogens with one attached hydrogen (secondary N) is 1. The van der Waals surface area contributed by atoms with Gasteiger partial charge in [0.2, 0.25) is 5.88 Å². The molecule has 1 aliphatic heterocycles. The second-order valence-electron chi connectivity index (χ2n) is 4.42. The van der Waals surface area contributed by atoms with Gasteiger partial charge in [0, 0.05) is 18.3 Å². The van der Waals surface area contributed by atoms with Crippen LogP contribution >= 0.6 is 0 Å². The number of hydrogen-bond donors (Lipinski definition) is 1. The molecule has 0 radical (unpaired) electrons. The molecule has 0 aromatic carbocycles. The molecule has 0 bridgehead atoms. The van der Waals surface area contributed by atoms with Gasteiger partial charge in [-0.15, -0.1) is 0 Å². The van der Waals surface area contributed by atoms with Gasteiger partial charge in [-0.2, -0.15) is 5.10 Å². The first-order chi connectivity index (χ1) is 9.72. The topological polar surface area (TPSA) is 88.2 Å². The Hall–Kier alpha value is -2.70. The average Bonchev–Trinajstić information content (AvgIpc) is 2.44. The van der Waals surface area contributed by atoms with E-state index >= 15 is 0 Å². The first-order valence-electron chi connectivity index (χ1n) is 6.15. The van der Waals surface area contributed by atoms with E-state index in [1.807, 2.05) is 12.1 Å². The van der Waals surface area contributed by atoms with Crippen molar-refractivity contribution >= 4 is 5.91 Å². The van der Waals surface area contributed by atoms with Crippen LogP contribution in [0.2, 0.25) is 0 Å². The van der Waals surface area contributed by atoms with Gasteiger partial charge in [0.25, 0.3) is 11.5 Å². The highest BCUT2D eigenvalue weighted by Crippen LogP contribution is 2.17. The average molecular weight is 272 g/mol. The number of ether oxygens (including phenoxy) is 1. The number of hydrogen-bond acceptors (Lipinski definition) is 5. The number of H-pyrrole nitrogens is 1. The number of likely N-dealkylation sites (tertiary alicyclic amines) is 1. The molecule has 1 aliphatic rings. The Morgan fingerprint density at radius 3 is 2.80 bits per heavy atom. The predicted octanol–water partition coefficient (Wildman–Crippen LogP) is 0.0683. The summed E-state index contributed by atoms with van der Waals surface area (Å²) in [7, 11) is 0. The number of carbonyl (C=O) groups excluding carboxylic acids is 1. The molecule has 2 aromatic heterocycles. The lowest BCUT2D eigenvalue weighted by molar-refractivity contribution is 0.0155. The van der Waals surface area contributed by atoms with Gasteiger partial charge >= 0.3 is 0 Å². The molecule has 0 unspecified atom stereocenters. The molecule has 1 saturated heterocycles. The fraction of sp³-hybridized carbons (Fsp3) is 0.231. The molecule has 2 aromatic rings. The Labute approximate surface area is 114 Å². The van der Waals surface area contributed by atoms with E-state index < -0.39 is 0 Å². The fourth-order valence-corrected chi connectivity index (χ4v) is 1.89. The van der Waals surface area contributed by atoms with Gasteiger partial charge in [0.1, 0.15) is 11.8 Å². The van der Waals surface area contributed by atoms with E-state index in [-0.39, 0.29) is 23.3 Å². The Bertz CT molecular complexity index is 644. The highest BCUT2D eigenvalue weighted by Gasteiger charge is 2.33. The number of aromatic nitrogens is 3. The lowest BCUT2D eigenvalue weighted by atomic mass is 10.1. The molecule has 7 heteroatoms. The Morgan fingerprint density at radius 2 is 2.15 bits per heavy atom. The Kier molecular flexibility index (Phi) is 3.16. The number of carbonyl (C=O) groups is 1. The van der Waals surface area contributed by atoms with E-state index in [9.17, 15) is 9.59 Å². The number of aromatic amines is 1. The predicted molar refractivity (Wildman–Crippen MR) is 69.4 cm³/mol. The summed E-state index contributed by atoms with van der Waals surface area (Å²) in [5, 5.41) is 5.95. The largest absolute Gasteiger partial charge is 0.471 e. The summed E-state index contributed by atoms with van der Waals surface area (Å²) in [6.45, 7) is 0.965. The van der Waals surface area contributed by atoms with Gasteiger partial charge in [0.05, 0.1) is 13.1 Å². The zero-order valence-corrected chi connectivity index (χ0v) is 10.5. The van der Waals surface area contributed by atoms with Gasteiger partial charge in [-0.1, -0.05) is 6.07 Å². The van der Waals surface area contributed by atoms with Crippen molar-refractivity contribution < 1.29 is 9.53 Å². The van der Waals surface area contributed by atoms with Crippen LogP contribution in [-0.2, 0) is 0 Å². The number of pyridine rings is 1. The van der Waals surface area contributed by atoms with Crippen molar-refractivity contribution in [3.63, 3.8) is 0 Å². The van der Waals surface area contributed by atoms with Gasteiger partial charge in [0.15, 0.2) is 0 Å². The minimum Gasteiger partial charge on any atom is -0.471 e. The van der Waals surface area contributed by atoms with E-state index in [0.717, 1.165) is 0 Å². The third kappa shape index (κ3) is 2.51. The van der Waals surface area contributed by atoms with Gasteiger partial charge in [-0.25, -0.2) is 10.1 Å². The minimum atomic E-state index is -0.332. The maximum atomic E-state index is 12.0. The summed E-state index contributed by atoms with van der Waals surface area (Å²) in [5.74, 6) is 0.328. The molecule has 0 atom stereocenters. The van der Waals surface area contributed by atoms with E-state index in [4.69, 9.17) is 4.74 Å². The molecule has 7 nitrogen and oxygen atoms in total. The van der Waals surface area contributed by atoms with Crippen LogP contribution in [0.3, 0.4) is 0 Å². The molecule has 0 aliphatic carbocycles. The SMILES string of the molecule is O=C(c1ccc(=O)[nH]n1)N1CC(Oc2ccccn2)C1. The molecule has 1 N–H and O–H groups in total. The molecular formula is C13H12N4O3. The standard InChI is InChI=1S/C13H12N4O3/c18-11-5-4-10(15-16-11)13(19)17-7-9(8-17)20-12-3-1-2-6-14-12/h1-6,9H,7-8H2,(H,16,18). The summed E-state index contributed by atoms with van der Waals surface area (Å²) >= 11 is 0. The molecule has 0 saturated carbocycles. The second kappa shape index (κ2) is 5.12. The maximum absolute atomic E-state index is 12.0. The van der Waals surface area contributed by atoms with Crippen LogP contribution in [0.1, 0.15) is 10.5 Å². The number of nitrogens with zero attached hydrogens (tertiary/aromatic N) is 3. The van der Waals surface area contributed by atoms with Gasteiger partial charge in [-0.05, 0) is 12.1 Å². The summed E-state index contributed by atoms with van der Waals surface area (Å²) in [6.07, 6.45) is 1.60. The van der Waals surface area contributed by atoms with Crippen molar-refractivity contribution in [3.8, 4) is 5.88 Å². The normalized spacial score (nSPS) is 14.7. The quantitative estimate of drug-likeness (QED) is 0.854. The summed E-state index contributed by atoms with van der Waals surface area (Å²) in [6, 6.07) is 8.11. The third-order valence-corrected chi connectivity index (χ3v) is 2.96. The zero-order valence-electron chi connectivity index (χ0n) is 10.5. The smallest absolute Gasteiger partial charge is 0.274 e. The van der Waals surface area contributed by atoms with Crippen LogP contribution in [0.5, 0.6) is 5.88 Å². The molecule has 3 heterocycles. The van der Waals surface area contributed by atoms with Crippen LogP contribution in [0.4, 0.5) is 0 Å². The first-order valence-corrected chi connectivity index (χ1v) is 6.15. The third-order valence-electron chi connectivity index (χ3n) is 2.96. The van der Waals surface area contributed by atoms with Gasteiger partial charge < -0.3 is 9.64 Å². The molecule has 20 heavy (non-hydrogen) atoms. The summed E-state index contributed by atoms with van der Waals surface area (Å²) in [4.78, 5) is 28.6. The van der Waals surface area contributed by atoms with Crippen LogP contribution in [0.25, 0.3) is 0 Å². The van der Waals surface area contributed by atoms with Crippen LogP contribution < -0.4 is 10.3 Å². The minimum absolute atomic E-state index is 0.0587. The molecule has 102 valence electrons. The molecule has 1 amide bonds. The van der Waals surface area contributed by atoms with Crippen molar-refractivity contribution in [2.75, 3.05) is 13.1 Å². The van der Waals surface area contributed by atoms with Crippen molar-refractivity contribution in [1.29, 1.82) is 0 Å². The number of rotatable bonds is 3. The van der Waals surface area contributed by atoms with E-state index in [1.54, 1.807) is 17.2 Å². The number of amides is 1.